The molecular weight excluding hydrogens is 470 g/mol. The van der Waals surface area contributed by atoms with E-state index in [0.717, 1.165) is 10.5 Å². The Morgan fingerprint density at radius 2 is 1.81 bits per heavy atom. The van der Waals surface area contributed by atoms with Crippen LogP contribution in [0.2, 0.25) is 5.02 Å². The Bertz CT molecular complexity index is 1120. The van der Waals surface area contributed by atoms with E-state index in [1.165, 1.54) is 23.1 Å². The number of hydrogen-bond acceptors (Lipinski definition) is 6. The number of benzene rings is 2. The van der Waals surface area contributed by atoms with Crippen LogP contribution in [0.25, 0.3) is 11.3 Å². The SMILES string of the molecule is CC(Sc1ccc(NC(=O)CCC(=O)O)cc1)C(=O)Nc1nc(-c2ccccc2Cl)cs1. The predicted molar refractivity (Wildman–Crippen MR) is 128 cm³/mol. The Hall–Kier alpha value is -2.88. The van der Waals surface area contributed by atoms with Gasteiger partial charge >= 0.3 is 5.97 Å². The molecule has 0 aliphatic heterocycles. The van der Waals surface area contributed by atoms with Gasteiger partial charge in [0.1, 0.15) is 0 Å². The first-order chi connectivity index (χ1) is 15.3. The van der Waals surface area contributed by atoms with E-state index in [1.807, 2.05) is 23.6 Å². The zero-order valence-corrected chi connectivity index (χ0v) is 19.4. The van der Waals surface area contributed by atoms with Crippen molar-refractivity contribution in [1.82, 2.24) is 4.98 Å². The molecule has 1 unspecified atom stereocenters. The van der Waals surface area contributed by atoms with E-state index in [-0.39, 0.29) is 29.9 Å². The number of thiazole rings is 1. The van der Waals surface area contributed by atoms with Gasteiger partial charge in [-0.1, -0.05) is 29.8 Å². The Labute approximate surface area is 198 Å². The number of carboxylic acids is 1. The van der Waals surface area contributed by atoms with Crippen molar-refractivity contribution >= 4 is 63.3 Å². The standard InChI is InChI=1S/C22H20ClN3O4S2/c1-13(32-15-8-6-14(7-9-15)24-19(27)10-11-20(28)29)21(30)26-22-25-18(12-31-22)16-4-2-3-5-17(16)23/h2-9,12-13H,10-11H2,1H3,(H,24,27)(H,28,29)(H,25,26,30). The van der Waals surface area contributed by atoms with Gasteiger partial charge < -0.3 is 15.7 Å². The summed E-state index contributed by atoms with van der Waals surface area (Å²) in [5.41, 5.74) is 2.08. The molecule has 0 bridgehead atoms. The Balaban J connectivity index is 1.53. The van der Waals surface area contributed by atoms with Crippen LogP contribution in [0.15, 0.2) is 58.8 Å². The second kappa shape index (κ2) is 11.1. The molecule has 3 aromatic rings. The minimum absolute atomic E-state index is 0.0853. The second-order valence-electron chi connectivity index (χ2n) is 6.73. The minimum Gasteiger partial charge on any atom is -0.481 e. The highest BCUT2D eigenvalue weighted by atomic mass is 35.5. The van der Waals surface area contributed by atoms with Crippen LogP contribution in [0, 0.1) is 0 Å². The van der Waals surface area contributed by atoms with E-state index in [0.29, 0.717) is 21.5 Å². The number of aliphatic carboxylic acids is 1. The molecule has 2 amide bonds. The lowest BCUT2D eigenvalue weighted by molar-refractivity contribution is -0.138. The molecule has 0 radical (unpaired) electrons. The number of halogens is 1. The van der Waals surface area contributed by atoms with Gasteiger partial charge in [-0.25, -0.2) is 4.98 Å². The third-order valence-electron chi connectivity index (χ3n) is 4.27. The summed E-state index contributed by atoms with van der Waals surface area (Å²) in [6.45, 7) is 1.80. The van der Waals surface area contributed by atoms with E-state index in [1.54, 1.807) is 37.3 Å². The molecule has 3 rings (SSSR count). The normalized spacial score (nSPS) is 11.6. The molecule has 0 fully saturated rings. The Morgan fingerprint density at radius 3 is 2.50 bits per heavy atom. The summed E-state index contributed by atoms with van der Waals surface area (Å²) < 4.78 is 0. The monoisotopic (exact) mass is 489 g/mol. The number of nitrogens with zero attached hydrogens (tertiary/aromatic N) is 1. The third-order valence-corrected chi connectivity index (χ3v) is 6.47. The first kappa shape index (κ1) is 23.8. The van der Waals surface area contributed by atoms with E-state index >= 15 is 0 Å². The smallest absolute Gasteiger partial charge is 0.303 e. The van der Waals surface area contributed by atoms with Gasteiger partial charge in [-0.3, -0.25) is 14.4 Å². The van der Waals surface area contributed by atoms with Crippen molar-refractivity contribution in [1.29, 1.82) is 0 Å². The van der Waals surface area contributed by atoms with Crippen molar-refractivity contribution in [2.24, 2.45) is 0 Å². The van der Waals surface area contributed by atoms with Gasteiger partial charge in [0.2, 0.25) is 11.8 Å². The van der Waals surface area contributed by atoms with Gasteiger partial charge in [0, 0.05) is 33.0 Å². The lowest BCUT2D eigenvalue weighted by atomic mass is 10.2. The largest absolute Gasteiger partial charge is 0.481 e. The summed E-state index contributed by atoms with van der Waals surface area (Å²) in [6.07, 6.45) is -0.302. The van der Waals surface area contributed by atoms with Gasteiger partial charge in [-0.15, -0.1) is 23.1 Å². The van der Waals surface area contributed by atoms with Crippen LogP contribution in [0.5, 0.6) is 0 Å². The van der Waals surface area contributed by atoms with Crippen LogP contribution in [-0.2, 0) is 14.4 Å². The number of carbonyl (C=O) groups excluding carboxylic acids is 2. The quantitative estimate of drug-likeness (QED) is 0.348. The number of carboxylic acid groups (broad SMARTS) is 1. The summed E-state index contributed by atoms with van der Waals surface area (Å²) in [5, 5.41) is 16.7. The summed E-state index contributed by atoms with van der Waals surface area (Å²) in [7, 11) is 0. The molecule has 1 atom stereocenters. The van der Waals surface area contributed by atoms with E-state index in [2.05, 4.69) is 15.6 Å². The van der Waals surface area contributed by atoms with Crippen molar-refractivity contribution in [2.45, 2.75) is 29.9 Å². The molecule has 1 heterocycles. The second-order valence-corrected chi connectivity index (χ2v) is 9.41. The number of aromatic nitrogens is 1. The molecule has 3 N–H and O–H groups in total. The van der Waals surface area contributed by atoms with E-state index in [4.69, 9.17) is 16.7 Å². The molecule has 2 aromatic carbocycles. The Kier molecular flexibility index (Phi) is 8.26. The average molecular weight is 490 g/mol. The van der Waals surface area contributed by atoms with Crippen molar-refractivity contribution < 1.29 is 19.5 Å². The zero-order valence-electron chi connectivity index (χ0n) is 17.0. The fourth-order valence-corrected chi connectivity index (χ4v) is 4.46. The number of nitrogens with one attached hydrogen (secondary N) is 2. The van der Waals surface area contributed by atoms with E-state index < -0.39 is 5.97 Å². The number of rotatable bonds is 9. The number of thioether (sulfide) groups is 1. The topological polar surface area (TPSA) is 108 Å². The van der Waals surface area contributed by atoms with Crippen LogP contribution < -0.4 is 10.6 Å². The molecule has 32 heavy (non-hydrogen) atoms. The highest BCUT2D eigenvalue weighted by Gasteiger charge is 2.17. The van der Waals surface area contributed by atoms with Gasteiger partial charge in [-0.05, 0) is 37.3 Å². The van der Waals surface area contributed by atoms with Crippen molar-refractivity contribution in [3.63, 3.8) is 0 Å². The van der Waals surface area contributed by atoms with Crippen molar-refractivity contribution in [3.05, 3.63) is 58.9 Å². The fourth-order valence-electron chi connectivity index (χ4n) is 2.65. The number of carbonyl (C=O) groups is 3. The number of amides is 2. The van der Waals surface area contributed by atoms with Gasteiger partial charge in [0.15, 0.2) is 5.13 Å². The first-order valence-corrected chi connectivity index (χ1v) is 11.7. The van der Waals surface area contributed by atoms with Crippen molar-refractivity contribution in [3.8, 4) is 11.3 Å². The lowest BCUT2D eigenvalue weighted by Gasteiger charge is -2.11. The van der Waals surface area contributed by atoms with Crippen LogP contribution in [-0.4, -0.2) is 33.1 Å². The molecular formula is C22H20ClN3O4S2. The van der Waals surface area contributed by atoms with E-state index in [9.17, 15) is 14.4 Å². The molecule has 0 aliphatic carbocycles. The predicted octanol–water partition coefficient (Wildman–Crippen LogP) is 5.39. The molecule has 0 spiro atoms. The summed E-state index contributed by atoms with van der Waals surface area (Å²) >= 11 is 8.91. The summed E-state index contributed by atoms with van der Waals surface area (Å²) in [6, 6.07) is 14.4. The summed E-state index contributed by atoms with van der Waals surface area (Å²) in [5.74, 6) is -1.56. The molecule has 0 aliphatic rings. The lowest BCUT2D eigenvalue weighted by Crippen LogP contribution is -2.22. The highest BCUT2D eigenvalue weighted by molar-refractivity contribution is 8.00. The van der Waals surface area contributed by atoms with Crippen LogP contribution in [0.1, 0.15) is 19.8 Å². The maximum Gasteiger partial charge on any atom is 0.303 e. The maximum atomic E-state index is 12.6. The third kappa shape index (κ3) is 6.81. The zero-order chi connectivity index (χ0) is 23.1. The maximum absolute atomic E-state index is 12.6. The van der Waals surface area contributed by atoms with Crippen LogP contribution in [0.4, 0.5) is 10.8 Å². The van der Waals surface area contributed by atoms with Gasteiger partial charge in [-0.2, -0.15) is 0 Å². The molecule has 10 heteroatoms. The van der Waals surface area contributed by atoms with Crippen LogP contribution in [0.3, 0.4) is 0 Å². The van der Waals surface area contributed by atoms with Gasteiger partial charge in [0.25, 0.3) is 0 Å². The molecule has 1 aromatic heterocycles. The first-order valence-electron chi connectivity index (χ1n) is 9.61. The number of hydrogen-bond donors (Lipinski definition) is 3. The fraction of sp³-hybridized carbons (Fsp3) is 0.182. The molecule has 0 saturated carbocycles. The number of anilines is 2. The molecule has 7 nitrogen and oxygen atoms in total. The Morgan fingerprint density at radius 1 is 1.09 bits per heavy atom. The summed E-state index contributed by atoms with van der Waals surface area (Å²) in [4.78, 5) is 40.1. The highest BCUT2D eigenvalue weighted by Crippen LogP contribution is 2.31. The van der Waals surface area contributed by atoms with Gasteiger partial charge in [0.05, 0.1) is 17.4 Å². The molecule has 0 saturated heterocycles. The average Bonchev–Trinajstić information content (AvgIpc) is 3.22. The van der Waals surface area contributed by atoms with Crippen LogP contribution >= 0.6 is 34.7 Å². The minimum atomic E-state index is -1.02. The molecule has 166 valence electrons. The van der Waals surface area contributed by atoms with Crippen molar-refractivity contribution in [2.75, 3.05) is 10.6 Å².